The van der Waals surface area contributed by atoms with Crippen LogP contribution in [0.2, 0.25) is 0 Å². The minimum Gasteiger partial charge on any atom is -0.449 e. The molecule has 1 unspecified atom stereocenters. The van der Waals surface area contributed by atoms with Gasteiger partial charge in [0.25, 0.3) is 5.91 Å². The molecule has 2 aliphatic rings. The lowest BCUT2D eigenvalue weighted by molar-refractivity contribution is -0.123. The number of ether oxygens (including phenoxy) is 1. The number of carbonyl (C=O) groups is 2. The van der Waals surface area contributed by atoms with Crippen LogP contribution in [0.25, 0.3) is 6.08 Å². The molecule has 1 N–H and O–H groups in total. The van der Waals surface area contributed by atoms with Gasteiger partial charge in [0.2, 0.25) is 5.91 Å². The molecule has 0 saturated carbocycles. The van der Waals surface area contributed by atoms with E-state index >= 15 is 0 Å². The number of rotatable bonds is 7. The zero-order valence-electron chi connectivity index (χ0n) is 18.9. The summed E-state index contributed by atoms with van der Waals surface area (Å²) in [5, 5.41) is 2.93. The monoisotopic (exact) mass is 451 g/mol. The SMILES string of the molecule is CC1CCCN(CCCNC(=O)CN2C(=O)C(=Cc3cccc(F)c3)Oc3ccccc32)C1. The number of para-hydroxylation sites is 2. The number of amides is 2. The number of carbonyl (C=O) groups excluding carboxylic acids is 2. The van der Waals surface area contributed by atoms with Gasteiger partial charge >= 0.3 is 0 Å². The maximum Gasteiger partial charge on any atom is 0.294 e. The molecule has 6 nitrogen and oxygen atoms in total. The quantitative estimate of drug-likeness (QED) is 0.513. The Morgan fingerprint density at radius 3 is 2.91 bits per heavy atom. The summed E-state index contributed by atoms with van der Waals surface area (Å²) < 4.78 is 19.4. The van der Waals surface area contributed by atoms with Crippen molar-refractivity contribution < 1.29 is 18.7 Å². The van der Waals surface area contributed by atoms with Crippen LogP contribution in [0.15, 0.2) is 54.3 Å². The van der Waals surface area contributed by atoms with Crippen molar-refractivity contribution in [3.63, 3.8) is 0 Å². The summed E-state index contributed by atoms with van der Waals surface area (Å²) in [6, 6.07) is 13.0. The third-order valence-corrected chi connectivity index (χ3v) is 5.99. The van der Waals surface area contributed by atoms with E-state index < -0.39 is 11.7 Å². The van der Waals surface area contributed by atoms with E-state index in [2.05, 4.69) is 17.1 Å². The molecule has 2 aromatic rings. The van der Waals surface area contributed by atoms with E-state index in [1.54, 1.807) is 36.4 Å². The minimum absolute atomic E-state index is 0.0475. The summed E-state index contributed by atoms with van der Waals surface area (Å²) in [6.07, 6.45) is 4.89. The molecule has 7 heteroatoms. The standard InChI is InChI=1S/C26H30FN3O3/c1-19-7-5-13-29(17-19)14-6-12-28-25(31)18-30-22-10-2-3-11-23(22)33-24(26(30)32)16-20-8-4-9-21(27)15-20/h2-4,8-11,15-16,19H,5-7,12-14,17-18H2,1H3,(H,28,31). The highest BCUT2D eigenvalue weighted by Crippen LogP contribution is 2.35. The summed E-state index contributed by atoms with van der Waals surface area (Å²) >= 11 is 0. The average Bonchev–Trinajstić information content (AvgIpc) is 2.79. The number of hydrogen-bond acceptors (Lipinski definition) is 4. The van der Waals surface area contributed by atoms with E-state index in [0.29, 0.717) is 23.5 Å². The zero-order valence-corrected chi connectivity index (χ0v) is 18.9. The Labute approximate surface area is 194 Å². The first-order chi connectivity index (χ1) is 16.0. The van der Waals surface area contributed by atoms with Crippen LogP contribution in [0.4, 0.5) is 10.1 Å². The molecule has 2 amide bonds. The first kappa shape index (κ1) is 23.0. The highest BCUT2D eigenvalue weighted by molar-refractivity contribution is 6.12. The second-order valence-corrected chi connectivity index (χ2v) is 8.78. The molecule has 0 bridgehead atoms. The summed E-state index contributed by atoms with van der Waals surface area (Å²) in [4.78, 5) is 29.6. The van der Waals surface area contributed by atoms with Crippen LogP contribution in [0, 0.1) is 11.7 Å². The van der Waals surface area contributed by atoms with Gasteiger partial charge in [-0.1, -0.05) is 31.2 Å². The van der Waals surface area contributed by atoms with Crippen LogP contribution >= 0.6 is 0 Å². The molecule has 1 atom stereocenters. The van der Waals surface area contributed by atoms with E-state index in [9.17, 15) is 14.0 Å². The van der Waals surface area contributed by atoms with Crippen LogP contribution in [0.3, 0.4) is 0 Å². The molecule has 4 rings (SSSR count). The number of fused-ring (bicyclic) bond motifs is 1. The van der Waals surface area contributed by atoms with Crippen molar-refractivity contribution in [3.8, 4) is 5.75 Å². The lowest BCUT2D eigenvalue weighted by Crippen LogP contribution is -2.44. The number of nitrogens with zero attached hydrogens (tertiary/aromatic N) is 2. The van der Waals surface area contributed by atoms with Crippen molar-refractivity contribution >= 4 is 23.6 Å². The normalized spacial score (nSPS) is 19.8. The molecule has 0 aliphatic carbocycles. The zero-order chi connectivity index (χ0) is 23.2. The fourth-order valence-corrected chi connectivity index (χ4v) is 4.39. The first-order valence-corrected chi connectivity index (χ1v) is 11.5. The third-order valence-electron chi connectivity index (χ3n) is 5.99. The Hall–Kier alpha value is -3.19. The van der Waals surface area contributed by atoms with Gasteiger partial charge in [-0.25, -0.2) is 4.39 Å². The van der Waals surface area contributed by atoms with Gasteiger partial charge in [0, 0.05) is 13.1 Å². The molecule has 0 spiro atoms. The summed E-state index contributed by atoms with van der Waals surface area (Å²) in [6.45, 7) is 5.94. The topological polar surface area (TPSA) is 61.9 Å². The molecule has 1 saturated heterocycles. The van der Waals surface area contributed by atoms with E-state index in [0.717, 1.165) is 32.0 Å². The Morgan fingerprint density at radius 2 is 2.09 bits per heavy atom. The fraction of sp³-hybridized carbons (Fsp3) is 0.385. The van der Waals surface area contributed by atoms with Crippen LogP contribution in [-0.2, 0) is 9.59 Å². The Bertz CT molecular complexity index is 1040. The lowest BCUT2D eigenvalue weighted by atomic mass is 10.0. The third kappa shape index (κ3) is 5.99. The maximum atomic E-state index is 13.6. The first-order valence-electron chi connectivity index (χ1n) is 11.5. The smallest absolute Gasteiger partial charge is 0.294 e. The maximum absolute atomic E-state index is 13.6. The number of nitrogens with one attached hydrogen (secondary N) is 1. The largest absolute Gasteiger partial charge is 0.449 e. The molecule has 2 aromatic carbocycles. The predicted octanol–water partition coefficient (Wildman–Crippen LogP) is 3.83. The minimum atomic E-state index is -0.435. The molecule has 1 fully saturated rings. The molecule has 0 aromatic heterocycles. The summed E-state index contributed by atoms with van der Waals surface area (Å²) in [5.41, 5.74) is 1.05. The van der Waals surface area contributed by atoms with Crippen molar-refractivity contribution in [1.82, 2.24) is 10.2 Å². The number of benzene rings is 2. The lowest BCUT2D eigenvalue weighted by Gasteiger charge is -2.31. The predicted molar refractivity (Wildman–Crippen MR) is 126 cm³/mol. The van der Waals surface area contributed by atoms with E-state index in [-0.39, 0.29) is 18.2 Å². The van der Waals surface area contributed by atoms with Crippen LogP contribution < -0.4 is 15.0 Å². The van der Waals surface area contributed by atoms with Gasteiger partial charge in [-0.15, -0.1) is 0 Å². The van der Waals surface area contributed by atoms with Crippen LogP contribution in [0.1, 0.15) is 31.7 Å². The second kappa shape index (κ2) is 10.6. The highest BCUT2D eigenvalue weighted by Gasteiger charge is 2.31. The fourth-order valence-electron chi connectivity index (χ4n) is 4.39. The number of hydrogen-bond donors (Lipinski definition) is 1. The van der Waals surface area contributed by atoms with Crippen molar-refractivity contribution in [3.05, 3.63) is 65.7 Å². The number of halogens is 1. The molecule has 33 heavy (non-hydrogen) atoms. The molecular weight excluding hydrogens is 421 g/mol. The van der Waals surface area contributed by atoms with Crippen molar-refractivity contribution in [2.24, 2.45) is 5.92 Å². The summed E-state index contributed by atoms with van der Waals surface area (Å²) in [5.74, 6) is 0.198. The Balaban J connectivity index is 1.39. The number of piperidine rings is 1. The van der Waals surface area contributed by atoms with Gasteiger partial charge in [-0.05, 0) is 74.2 Å². The van der Waals surface area contributed by atoms with Gasteiger partial charge in [-0.3, -0.25) is 14.5 Å². The van der Waals surface area contributed by atoms with E-state index in [1.165, 1.54) is 36.0 Å². The van der Waals surface area contributed by atoms with Gasteiger partial charge in [0.05, 0.1) is 5.69 Å². The van der Waals surface area contributed by atoms with E-state index in [4.69, 9.17) is 4.74 Å². The van der Waals surface area contributed by atoms with Gasteiger partial charge in [-0.2, -0.15) is 0 Å². The number of anilines is 1. The number of likely N-dealkylation sites (tertiary alicyclic amines) is 1. The van der Waals surface area contributed by atoms with Gasteiger partial charge in [0.1, 0.15) is 12.4 Å². The molecule has 0 radical (unpaired) electrons. The van der Waals surface area contributed by atoms with Gasteiger partial charge in [0.15, 0.2) is 11.5 Å². The molecule has 2 aliphatic heterocycles. The molecule has 2 heterocycles. The Kier molecular flexibility index (Phi) is 7.40. The van der Waals surface area contributed by atoms with Crippen molar-refractivity contribution in [2.75, 3.05) is 37.6 Å². The molecule has 174 valence electrons. The van der Waals surface area contributed by atoms with Crippen LogP contribution in [-0.4, -0.2) is 49.4 Å². The highest BCUT2D eigenvalue weighted by atomic mass is 19.1. The summed E-state index contributed by atoms with van der Waals surface area (Å²) in [7, 11) is 0. The van der Waals surface area contributed by atoms with E-state index in [1.807, 2.05) is 0 Å². The van der Waals surface area contributed by atoms with Crippen molar-refractivity contribution in [2.45, 2.75) is 26.2 Å². The van der Waals surface area contributed by atoms with Crippen molar-refractivity contribution in [1.29, 1.82) is 0 Å². The Morgan fingerprint density at radius 1 is 1.24 bits per heavy atom. The second-order valence-electron chi connectivity index (χ2n) is 8.78. The molecular formula is C26H30FN3O3. The van der Waals surface area contributed by atoms with Gasteiger partial charge < -0.3 is 15.0 Å². The van der Waals surface area contributed by atoms with Crippen LogP contribution in [0.5, 0.6) is 5.75 Å². The average molecular weight is 452 g/mol.